The number of rotatable bonds is 7. The minimum Gasteiger partial charge on any atom is -0.270 e. The number of benzene rings is 2. The minimum atomic E-state index is -3.39. The lowest BCUT2D eigenvalue weighted by Gasteiger charge is -2.08. The van der Waals surface area contributed by atoms with Gasteiger partial charge in [-0.3, -0.25) is 4.68 Å². The Kier molecular flexibility index (Phi) is 6.04. The van der Waals surface area contributed by atoms with Gasteiger partial charge in [-0.05, 0) is 41.3 Å². The molecule has 1 heterocycles. The van der Waals surface area contributed by atoms with Crippen molar-refractivity contribution in [3.63, 3.8) is 0 Å². The zero-order chi connectivity index (χ0) is 19.4. The Labute approximate surface area is 165 Å². The first-order chi connectivity index (χ1) is 12.9. The maximum atomic E-state index is 12.8. The lowest BCUT2D eigenvalue weighted by atomic mass is 10.2. The Morgan fingerprint density at radius 3 is 2.19 bits per heavy atom. The second-order valence-corrected chi connectivity index (χ2v) is 9.13. The summed E-state index contributed by atoms with van der Waals surface area (Å²) >= 11 is 1.82. The maximum absolute atomic E-state index is 12.8. The van der Waals surface area contributed by atoms with E-state index in [1.54, 1.807) is 16.8 Å². The third-order valence-electron chi connectivity index (χ3n) is 4.37. The van der Waals surface area contributed by atoms with Gasteiger partial charge >= 0.3 is 10.4 Å². The van der Waals surface area contributed by atoms with Crippen LogP contribution in [-0.4, -0.2) is 14.3 Å². The van der Waals surface area contributed by atoms with Crippen molar-refractivity contribution in [3.05, 3.63) is 77.1 Å². The van der Waals surface area contributed by atoms with Gasteiger partial charge < -0.3 is 0 Å². The normalized spacial score (nSPS) is 13.3. The van der Waals surface area contributed by atoms with Crippen LogP contribution in [0.3, 0.4) is 0 Å². The van der Waals surface area contributed by atoms with Crippen LogP contribution in [0.1, 0.15) is 22.5 Å². The van der Waals surface area contributed by atoms with Gasteiger partial charge in [-0.25, -0.2) is 0 Å². The number of aryl methyl sites for hydroxylation is 2. The highest BCUT2D eigenvalue weighted by molar-refractivity contribution is 7.99. The first-order valence-corrected chi connectivity index (χ1v) is 11.3. The molecule has 0 fully saturated rings. The minimum absolute atomic E-state index is 0.363. The largest absolute Gasteiger partial charge is 0.346 e. The van der Waals surface area contributed by atoms with Crippen LogP contribution in [0.2, 0.25) is 0 Å². The van der Waals surface area contributed by atoms with Crippen LogP contribution in [0.5, 0.6) is 0 Å². The Morgan fingerprint density at radius 2 is 1.63 bits per heavy atom. The average Bonchev–Trinajstić information content (AvgIpc) is 2.89. The Balaban J connectivity index is 1.64. The van der Waals surface area contributed by atoms with Crippen molar-refractivity contribution in [2.24, 2.45) is 7.05 Å². The number of thioether (sulfide) groups is 1. The molecule has 5 nitrogen and oxygen atoms in total. The second kappa shape index (κ2) is 8.29. The predicted octanol–water partition coefficient (Wildman–Crippen LogP) is 4.83. The predicted molar refractivity (Wildman–Crippen MR) is 113 cm³/mol. The molecule has 1 atom stereocenters. The highest BCUT2D eigenvalue weighted by atomic mass is 32.3. The van der Waals surface area contributed by atoms with Crippen molar-refractivity contribution >= 4 is 27.8 Å². The lowest BCUT2D eigenvalue weighted by Crippen LogP contribution is -2.21. The number of nitrogens with zero attached hydrogens (tertiary/aromatic N) is 2. The smallest absolute Gasteiger partial charge is 0.270 e. The van der Waals surface area contributed by atoms with E-state index in [-0.39, 0.29) is 0 Å². The Morgan fingerprint density at radius 1 is 1.04 bits per heavy atom. The number of aromatic nitrogens is 2. The molecule has 7 heteroatoms. The fourth-order valence-electron chi connectivity index (χ4n) is 2.75. The topological polar surface area (TPSA) is 67.2 Å². The van der Waals surface area contributed by atoms with Crippen LogP contribution in [-0.2, 0) is 33.2 Å². The van der Waals surface area contributed by atoms with E-state index in [1.807, 2.05) is 63.0 Å². The van der Waals surface area contributed by atoms with Gasteiger partial charge in [0, 0.05) is 18.6 Å². The van der Waals surface area contributed by atoms with E-state index in [4.69, 9.17) is 0 Å². The standard InChI is InChI=1S/C20H23N3O2S2/c1-15-20(16(2)23(3)21-15)22-27(24,25)19-11-9-18(10-12-19)14-26-13-17-7-5-4-6-8-17/h4-12H,13-14H2,1-3H3,(H-,22,24,25)/p+1. The third-order valence-corrected chi connectivity index (χ3v) is 6.84. The summed E-state index contributed by atoms with van der Waals surface area (Å²) in [6.07, 6.45) is 0. The van der Waals surface area contributed by atoms with Crippen LogP contribution in [0.25, 0.3) is 0 Å². The summed E-state index contributed by atoms with van der Waals surface area (Å²) in [5, 5.41) is 4.28. The summed E-state index contributed by atoms with van der Waals surface area (Å²) in [6, 6.07) is 17.6. The van der Waals surface area contributed by atoms with E-state index < -0.39 is 10.4 Å². The third kappa shape index (κ3) is 4.80. The van der Waals surface area contributed by atoms with Gasteiger partial charge in [-0.2, -0.15) is 26.1 Å². The Bertz CT molecular complexity index is 953. The molecule has 0 radical (unpaired) electrons. The monoisotopic (exact) mass is 402 g/mol. The van der Waals surface area contributed by atoms with E-state index in [0.29, 0.717) is 16.3 Å². The van der Waals surface area contributed by atoms with Crippen molar-refractivity contribution < 1.29 is 8.76 Å². The van der Waals surface area contributed by atoms with Gasteiger partial charge in [0.25, 0.3) is 0 Å². The van der Waals surface area contributed by atoms with Crippen molar-refractivity contribution in [2.75, 3.05) is 4.72 Å². The molecule has 0 aliphatic carbocycles. The van der Waals surface area contributed by atoms with E-state index in [1.165, 1.54) is 5.56 Å². The molecular formula is C20H24N3O2S2+. The van der Waals surface area contributed by atoms with Crippen LogP contribution >= 0.6 is 11.8 Å². The lowest BCUT2D eigenvalue weighted by molar-refractivity contribution is 0.502. The van der Waals surface area contributed by atoms with Crippen LogP contribution < -0.4 is 4.72 Å². The summed E-state index contributed by atoms with van der Waals surface area (Å²) in [7, 11) is -1.57. The number of nitrogens with one attached hydrogen (secondary N) is 1. The fourth-order valence-corrected chi connectivity index (χ4v) is 4.90. The molecule has 1 unspecified atom stereocenters. The molecule has 2 aromatic carbocycles. The van der Waals surface area contributed by atoms with Crippen molar-refractivity contribution in [3.8, 4) is 0 Å². The highest BCUT2D eigenvalue weighted by Gasteiger charge is 2.31. The van der Waals surface area contributed by atoms with E-state index >= 15 is 0 Å². The first kappa shape index (κ1) is 19.7. The summed E-state index contributed by atoms with van der Waals surface area (Å²) in [5.41, 5.74) is 4.55. The highest BCUT2D eigenvalue weighted by Crippen LogP contribution is 2.26. The van der Waals surface area contributed by atoms with Gasteiger partial charge in [0.15, 0.2) is 0 Å². The molecule has 27 heavy (non-hydrogen) atoms. The maximum Gasteiger partial charge on any atom is 0.346 e. The van der Waals surface area contributed by atoms with Crippen LogP contribution in [0.15, 0.2) is 59.5 Å². The number of hydrogen-bond donors (Lipinski definition) is 2. The molecule has 0 spiro atoms. The van der Waals surface area contributed by atoms with Crippen LogP contribution in [0, 0.1) is 13.8 Å². The van der Waals surface area contributed by atoms with Crippen molar-refractivity contribution in [1.29, 1.82) is 0 Å². The van der Waals surface area contributed by atoms with Gasteiger partial charge in [0.05, 0.1) is 11.4 Å². The van der Waals surface area contributed by atoms with Gasteiger partial charge in [0.1, 0.15) is 5.69 Å². The summed E-state index contributed by atoms with van der Waals surface area (Å²) in [4.78, 5) is 0.363. The summed E-state index contributed by atoms with van der Waals surface area (Å²) in [6.45, 7) is 3.68. The zero-order valence-corrected chi connectivity index (χ0v) is 17.3. The van der Waals surface area contributed by atoms with E-state index in [0.717, 1.165) is 22.8 Å². The summed E-state index contributed by atoms with van der Waals surface area (Å²) < 4.78 is 27.7. The molecule has 0 saturated carbocycles. The second-order valence-electron chi connectivity index (χ2n) is 6.42. The first-order valence-electron chi connectivity index (χ1n) is 8.62. The molecule has 1 aromatic heterocycles. The quantitative estimate of drug-likeness (QED) is 0.556. The van der Waals surface area contributed by atoms with Crippen molar-refractivity contribution in [1.82, 2.24) is 9.78 Å². The zero-order valence-electron chi connectivity index (χ0n) is 15.7. The van der Waals surface area contributed by atoms with Gasteiger partial charge in [0.2, 0.25) is 4.90 Å². The average molecular weight is 403 g/mol. The number of hydrogen-bond acceptors (Lipinski definition) is 3. The van der Waals surface area contributed by atoms with Gasteiger partial charge in [-0.1, -0.05) is 42.5 Å². The fraction of sp³-hybridized carbons (Fsp3) is 0.250. The molecule has 3 aromatic rings. The summed E-state index contributed by atoms with van der Waals surface area (Å²) in [5.74, 6) is 1.80. The SMILES string of the molecule is Cc1nn(C)c(C)c1N[S+](=O)(O)c1ccc(CSCc2ccccc2)cc1. The molecule has 2 N–H and O–H groups in total. The van der Waals surface area contributed by atoms with Crippen molar-refractivity contribution in [2.45, 2.75) is 30.2 Å². The number of anilines is 1. The Hall–Kier alpha value is -2.09. The molecule has 0 aliphatic heterocycles. The van der Waals surface area contributed by atoms with E-state index in [9.17, 15) is 8.76 Å². The molecular weight excluding hydrogens is 378 g/mol. The molecule has 0 saturated heterocycles. The molecule has 3 rings (SSSR count). The molecule has 0 aliphatic rings. The van der Waals surface area contributed by atoms with Gasteiger partial charge in [-0.15, -0.1) is 0 Å². The van der Waals surface area contributed by atoms with E-state index in [2.05, 4.69) is 22.0 Å². The molecule has 142 valence electrons. The molecule has 0 bridgehead atoms. The molecule has 0 amide bonds. The van der Waals surface area contributed by atoms with Crippen LogP contribution in [0.4, 0.5) is 5.69 Å².